The third-order valence-electron chi connectivity index (χ3n) is 4.54. The smallest absolute Gasteiger partial charge is 0.250 e. The number of rotatable bonds is 4. The molecule has 1 aliphatic heterocycles. The average molecular weight is 468 g/mol. The fourth-order valence-corrected chi connectivity index (χ4v) is 5.91. The summed E-state index contributed by atoms with van der Waals surface area (Å²) in [5, 5.41) is 1.70. The molecule has 0 fully saturated rings. The Morgan fingerprint density at radius 2 is 1.72 bits per heavy atom. The Balaban J connectivity index is 1.87. The SMILES string of the molecule is NC(=O)c1ccccc1N=C1C=S(=O)(c2ccccc2)N(c2cccc(Br)c2)C1. The van der Waals surface area contributed by atoms with Gasteiger partial charge >= 0.3 is 0 Å². The molecule has 3 aromatic carbocycles. The van der Waals surface area contributed by atoms with E-state index < -0.39 is 15.6 Å². The van der Waals surface area contributed by atoms with Gasteiger partial charge in [0.2, 0.25) is 0 Å². The standard InChI is InChI=1S/C22H18BrN3O2S/c23-16-7-6-8-18(13-16)26-14-17(15-29(26,28)19-9-2-1-3-10-19)25-21-12-5-4-11-20(21)22(24)27/h1-13,15H,14H2,(H2,24,27). The molecule has 1 atom stereocenters. The number of aliphatic imine (C=N–C) groups is 1. The van der Waals surface area contributed by atoms with Gasteiger partial charge in [-0.15, -0.1) is 0 Å². The molecule has 0 aliphatic carbocycles. The first kappa shape index (κ1) is 19.4. The van der Waals surface area contributed by atoms with Gasteiger partial charge < -0.3 is 5.73 Å². The van der Waals surface area contributed by atoms with Crippen LogP contribution in [0, 0.1) is 0 Å². The van der Waals surface area contributed by atoms with Crippen LogP contribution in [0.2, 0.25) is 0 Å². The fourth-order valence-electron chi connectivity index (χ4n) is 3.21. The molecule has 0 saturated carbocycles. The van der Waals surface area contributed by atoms with Crippen LogP contribution in [0.5, 0.6) is 0 Å². The van der Waals surface area contributed by atoms with Crippen molar-refractivity contribution in [1.82, 2.24) is 0 Å². The monoisotopic (exact) mass is 467 g/mol. The largest absolute Gasteiger partial charge is 0.366 e. The highest BCUT2D eigenvalue weighted by Crippen LogP contribution is 2.30. The lowest BCUT2D eigenvalue weighted by Crippen LogP contribution is -2.28. The van der Waals surface area contributed by atoms with Gasteiger partial charge in [-0.2, -0.15) is 0 Å². The second kappa shape index (κ2) is 7.85. The molecule has 29 heavy (non-hydrogen) atoms. The van der Waals surface area contributed by atoms with E-state index in [1.54, 1.807) is 29.6 Å². The van der Waals surface area contributed by atoms with Gasteiger partial charge in [-0.3, -0.25) is 14.1 Å². The van der Waals surface area contributed by atoms with Crippen LogP contribution >= 0.6 is 15.9 Å². The van der Waals surface area contributed by atoms with E-state index in [9.17, 15) is 9.00 Å². The number of carbonyl (C=O) groups is 1. The number of hydrogen-bond donors (Lipinski definition) is 1. The minimum Gasteiger partial charge on any atom is -0.366 e. The molecule has 146 valence electrons. The molecule has 4 rings (SSSR count). The van der Waals surface area contributed by atoms with Crippen molar-refractivity contribution >= 4 is 54.0 Å². The molecule has 1 amide bonds. The third-order valence-corrected chi connectivity index (χ3v) is 7.57. The number of amides is 1. The van der Waals surface area contributed by atoms with Crippen LogP contribution in [0.3, 0.4) is 0 Å². The molecule has 0 spiro atoms. The van der Waals surface area contributed by atoms with Crippen LogP contribution in [0.1, 0.15) is 10.4 Å². The van der Waals surface area contributed by atoms with E-state index in [1.807, 2.05) is 58.9 Å². The Bertz CT molecular complexity index is 1230. The van der Waals surface area contributed by atoms with Gasteiger partial charge in [0, 0.05) is 9.84 Å². The maximum Gasteiger partial charge on any atom is 0.250 e. The number of nitrogens with zero attached hydrogens (tertiary/aromatic N) is 2. The van der Waals surface area contributed by atoms with Gasteiger partial charge in [0.25, 0.3) is 5.91 Å². The molecule has 0 bridgehead atoms. The summed E-state index contributed by atoms with van der Waals surface area (Å²) in [6.45, 7) is 0.345. The highest BCUT2D eigenvalue weighted by molar-refractivity contribution is 9.10. The minimum atomic E-state index is -2.70. The summed E-state index contributed by atoms with van der Waals surface area (Å²) in [4.78, 5) is 17.1. The van der Waals surface area contributed by atoms with Crippen molar-refractivity contribution in [2.75, 3.05) is 10.8 Å². The Kier molecular flexibility index (Phi) is 5.25. The van der Waals surface area contributed by atoms with Crippen molar-refractivity contribution in [3.63, 3.8) is 0 Å². The number of nitrogens with two attached hydrogens (primary N) is 1. The number of benzene rings is 3. The lowest BCUT2D eigenvalue weighted by molar-refractivity contribution is 0.100. The van der Waals surface area contributed by atoms with Crippen molar-refractivity contribution in [1.29, 1.82) is 0 Å². The Labute approximate surface area is 178 Å². The molecule has 1 aliphatic rings. The van der Waals surface area contributed by atoms with Gasteiger partial charge in [0.15, 0.2) is 0 Å². The van der Waals surface area contributed by atoms with Crippen molar-refractivity contribution in [3.05, 3.63) is 88.9 Å². The zero-order valence-corrected chi connectivity index (χ0v) is 17.8. The molecular weight excluding hydrogens is 450 g/mol. The van der Waals surface area contributed by atoms with E-state index >= 15 is 0 Å². The van der Waals surface area contributed by atoms with E-state index in [0.29, 0.717) is 28.4 Å². The van der Waals surface area contributed by atoms with Crippen LogP contribution in [0.25, 0.3) is 0 Å². The van der Waals surface area contributed by atoms with Crippen molar-refractivity contribution < 1.29 is 9.00 Å². The average Bonchev–Trinajstić information content (AvgIpc) is 3.06. The molecule has 0 radical (unpaired) electrons. The molecule has 1 heterocycles. The maximum atomic E-state index is 14.1. The lowest BCUT2D eigenvalue weighted by atomic mass is 10.1. The number of primary amides is 1. The molecule has 3 aromatic rings. The first-order valence-electron chi connectivity index (χ1n) is 8.91. The third kappa shape index (κ3) is 3.83. The van der Waals surface area contributed by atoms with Crippen molar-refractivity contribution in [3.8, 4) is 0 Å². The molecule has 5 nitrogen and oxygen atoms in total. The number of carbonyl (C=O) groups excluding carboxylic acids is 1. The molecule has 2 N–H and O–H groups in total. The lowest BCUT2D eigenvalue weighted by Gasteiger charge is -2.24. The number of para-hydroxylation sites is 1. The van der Waals surface area contributed by atoms with Gasteiger partial charge in [-0.25, -0.2) is 4.21 Å². The summed E-state index contributed by atoms with van der Waals surface area (Å²) in [6, 6.07) is 23.9. The predicted octanol–water partition coefficient (Wildman–Crippen LogP) is 4.20. The Hall–Kier alpha value is -2.90. The predicted molar refractivity (Wildman–Crippen MR) is 122 cm³/mol. The quantitative estimate of drug-likeness (QED) is 0.583. The minimum absolute atomic E-state index is 0.334. The van der Waals surface area contributed by atoms with Gasteiger partial charge in [0.05, 0.1) is 43.8 Å². The van der Waals surface area contributed by atoms with E-state index in [-0.39, 0.29) is 0 Å². The summed E-state index contributed by atoms with van der Waals surface area (Å²) in [5.74, 6) is -0.546. The van der Waals surface area contributed by atoms with Crippen LogP contribution in [-0.2, 0) is 9.71 Å². The van der Waals surface area contributed by atoms with Crippen LogP contribution in [-0.4, -0.2) is 27.7 Å². The molecular formula is C22H18BrN3O2S. The van der Waals surface area contributed by atoms with Gasteiger partial charge in [-0.1, -0.05) is 52.3 Å². The fraction of sp³-hybridized carbons (Fsp3) is 0.0455. The van der Waals surface area contributed by atoms with E-state index in [2.05, 4.69) is 20.9 Å². The highest BCUT2D eigenvalue weighted by Gasteiger charge is 2.29. The van der Waals surface area contributed by atoms with Crippen LogP contribution in [0.4, 0.5) is 11.4 Å². The molecule has 7 heteroatoms. The molecule has 1 unspecified atom stereocenters. The van der Waals surface area contributed by atoms with Crippen molar-refractivity contribution in [2.45, 2.75) is 4.90 Å². The van der Waals surface area contributed by atoms with E-state index in [0.717, 1.165) is 10.2 Å². The zero-order chi connectivity index (χ0) is 20.4. The first-order valence-corrected chi connectivity index (χ1v) is 11.3. The maximum absolute atomic E-state index is 14.1. The molecule has 0 saturated heterocycles. The first-order chi connectivity index (χ1) is 14.0. The summed E-state index contributed by atoms with van der Waals surface area (Å²) >= 11 is 3.49. The summed E-state index contributed by atoms with van der Waals surface area (Å²) in [7, 11) is -2.70. The Morgan fingerprint density at radius 1 is 1.00 bits per heavy atom. The zero-order valence-electron chi connectivity index (χ0n) is 15.4. The van der Waals surface area contributed by atoms with Gasteiger partial charge in [0.1, 0.15) is 0 Å². The van der Waals surface area contributed by atoms with Crippen LogP contribution < -0.4 is 10.0 Å². The normalized spacial score (nSPS) is 19.9. The second-order valence-electron chi connectivity index (χ2n) is 6.50. The summed E-state index contributed by atoms with van der Waals surface area (Å²) < 4.78 is 16.9. The number of anilines is 1. The number of halogens is 1. The summed E-state index contributed by atoms with van der Waals surface area (Å²) in [6.07, 6.45) is 0. The van der Waals surface area contributed by atoms with Crippen molar-refractivity contribution in [2.24, 2.45) is 10.7 Å². The highest BCUT2D eigenvalue weighted by atomic mass is 79.9. The van der Waals surface area contributed by atoms with Gasteiger partial charge in [-0.05, 0) is 42.5 Å². The Morgan fingerprint density at radius 3 is 2.45 bits per heavy atom. The number of hydrogen-bond acceptors (Lipinski definition) is 3. The van der Waals surface area contributed by atoms with E-state index in [4.69, 9.17) is 5.73 Å². The topological polar surface area (TPSA) is 75.8 Å². The second-order valence-corrected chi connectivity index (χ2v) is 9.70. The van der Waals surface area contributed by atoms with Crippen LogP contribution in [0.15, 0.2) is 93.2 Å². The van der Waals surface area contributed by atoms with E-state index in [1.165, 1.54) is 0 Å². The summed E-state index contributed by atoms with van der Waals surface area (Å²) in [5.41, 5.74) is 7.72. The molecule has 0 aromatic heterocycles.